The predicted octanol–water partition coefficient (Wildman–Crippen LogP) is 6.51. The average molecular weight is 489 g/mol. The summed E-state index contributed by atoms with van der Waals surface area (Å²) in [6, 6.07) is 17.3. The van der Waals surface area contributed by atoms with Crippen molar-refractivity contribution in [2.45, 2.75) is 20.5 Å². The van der Waals surface area contributed by atoms with E-state index in [9.17, 15) is 4.39 Å². The van der Waals surface area contributed by atoms with Crippen LogP contribution in [0.1, 0.15) is 25.0 Å². The molecule has 35 heavy (non-hydrogen) atoms. The maximum absolute atomic E-state index is 13.4. The fourth-order valence-corrected chi connectivity index (χ4v) is 3.55. The van der Waals surface area contributed by atoms with Crippen molar-refractivity contribution in [1.29, 1.82) is 0 Å². The molecule has 0 saturated heterocycles. The lowest BCUT2D eigenvalue weighted by Crippen LogP contribution is -2.02. The molecule has 0 aliphatic carbocycles. The van der Waals surface area contributed by atoms with Crippen LogP contribution in [0.25, 0.3) is 10.9 Å². The molecule has 0 aliphatic rings. The van der Waals surface area contributed by atoms with Gasteiger partial charge in [0.2, 0.25) is 0 Å². The molecule has 0 radical (unpaired) electrons. The maximum atomic E-state index is 13.4. The van der Waals surface area contributed by atoms with Gasteiger partial charge in [-0.3, -0.25) is 0 Å². The maximum Gasteiger partial charge on any atom is 0.159 e. The second-order valence-electron chi connectivity index (χ2n) is 7.38. The molecule has 176 valence electrons. The highest BCUT2D eigenvalue weighted by Gasteiger charge is 2.10. The molecular weight excluding hydrogens is 467 g/mol. The largest absolute Gasteiger partial charge is 0.487 e. The van der Waals surface area contributed by atoms with E-state index in [4.69, 9.17) is 21.2 Å². The Morgan fingerprint density at radius 3 is 2.77 bits per heavy atom. The van der Waals surface area contributed by atoms with Gasteiger partial charge < -0.3 is 14.9 Å². The SMILES string of the molecule is CC#C/C(=N\OCC)c1ccc2ncnc(Nc3ccc(OCc4cccc(F)c4)c(Cl)c3)c2c1. The summed E-state index contributed by atoms with van der Waals surface area (Å²) in [4.78, 5) is 14.0. The van der Waals surface area contributed by atoms with Gasteiger partial charge in [-0.1, -0.05) is 34.8 Å². The number of ether oxygens (including phenoxy) is 1. The standard InChI is InChI=1S/C27H22ClFN4O2/c1-3-6-24(33-35-4-2)19-9-11-25-22(14-19)27(31-17-30-25)32-21-10-12-26(23(28)15-21)34-16-18-7-5-8-20(29)13-18/h5,7-15,17H,4,16H2,1-2H3,(H,30,31,32)/b33-24+. The zero-order valence-electron chi connectivity index (χ0n) is 19.2. The zero-order chi connectivity index (χ0) is 24.6. The molecule has 1 aromatic heterocycles. The van der Waals surface area contributed by atoms with Gasteiger partial charge in [-0.15, -0.1) is 0 Å². The molecule has 3 aromatic carbocycles. The van der Waals surface area contributed by atoms with E-state index in [-0.39, 0.29) is 12.4 Å². The van der Waals surface area contributed by atoms with Crippen LogP contribution in [0.4, 0.5) is 15.9 Å². The minimum Gasteiger partial charge on any atom is -0.487 e. The second-order valence-corrected chi connectivity index (χ2v) is 7.78. The van der Waals surface area contributed by atoms with Crippen molar-refractivity contribution < 1.29 is 14.0 Å². The van der Waals surface area contributed by atoms with Crippen molar-refractivity contribution in [2.75, 3.05) is 11.9 Å². The number of nitrogens with zero attached hydrogens (tertiary/aromatic N) is 3. The first-order valence-corrected chi connectivity index (χ1v) is 11.3. The van der Waals surface area contributed by atoms with Crippen molar-refractivity contribution in [2.24, 2.45) is 5.16 Å². The zero-order valence-corrected chi connectivity index (χ0v) is 19.9. The molecule has 0 amide bonds. The van der Waals surface area contributed by atoms with Crippen LogP contribution in [-0.4, -0.2) is 22.3 Å². The number of nitrogens with one attached hydrogen (secondary N) is 1. The number of benzene rings is 3. The highest BCUT2D eigenvalue weighted by Crippen LogP contribution is 2.31. The Labute approximate surface area is 207 Å². The van der Waals surface area contributed by atoms with E-state index in [2.05, 4.69) is 32.3 Å². The number of hydrogen-bond acceptors (Lipinski definition) is 6. The van der Waals surface area contributed by atoms with Crippen molar-refractivity contribution in [3.63, 3.8) is 0 Å². The summed E-state index contributed by atoms with van der Waals surface area (Å²) < 4.78 is 19.1. The summed E-state index contributed by atoms with van der Waals surface area (Å²) in [6.45, 7) is 4.25. The van der Waals surface area contributed by atoms with Crippen LogP contribution in [0.15, 0.2) is 72.1 Å². The van der Waals surface area contributed by atoms with E-state index in [0.717, 1.165) is 22.2 Å². The molecule has 0 fully saturated rings. The molecule has 0 atom stereocenters. The van der Waals surface area contributed by atoms with Crippen LogP contribution in [0.2, 0.25) is 5.02 Å². The van der Waals surface area contributed by atoms with E-state index in [0.29, 0.717) is 34.5 Å². The fourth-order valence-electron chi connectivity index (χ4n) is 3.32. The molecule has 0 bridgehead atoms. The summed E-state index contributed by atoms with van der Waals surface area (Å²) in [5.41, 5.74) is 3.50. The molecule has 0 saturated carbocycles. The molecule has 1 heterocycles. The highest BCUT2D eigenvalue weighted by atomic mass is 35.5. The first-order chi connectivity index (χ1) is 17.1. The third kappa shape index (κ3) is 6.05. The number of rotatable bonds is 8. The third-order valence-corrected chi connectivity index (χ3v) is 5.21. The molecule has 0 aliphatic heterocycles. The smallest absolute Gasteiger partial charge is 0.159 e. The van der Waals surface area contributed by atoms with Crippen molar-refractivity contribution in [3.05, 3.63) is 89.0 Å². The van der Waals surface area contributed by atoms with Crippen LogP contribution >= 0.6 is 11.6 Å². The van der Waals surface area contributed by atoms with E-state index in [1.807, 2.05) is 31.2 Å². The Balaban J connectivity index is 1.57. The van der Waals surface area contributed by atoms with Gasteiger partial charge in [0, 0.05) is 16.6 Å². The Hall–Kier alpha value is -4.15. The number of halogens is 2. The van der Waals surface area contributed by atoms with Gasteiger partial charge in [-0.25, -0.2) is 14.4 Å². The lowest BCUT2D eigenvalue weighted by atomic mass is 10.1. The summed E-state index contributed by atoms with van der Waals surface area (Å²) in [5, 5.41) is 8.61. The minimum absolute atomic E-state index is 0.204. The van der Waals surface area contributed by atoms with Gasteiger partial charge >= 0.3 is 0 Å². The quantitative estimate of drug-likeness (QED) is 0.174. The first kappa shape index (κ1) is 24.0. The Kier molecular flexibility index (Phi) is 7.76. The average Bonchev–Trinajstić information content (AvgIpc) is 2.86. The lowest BCUT2D eigenvalue weighted by molar-refractivity contribution is 0.159. The molecule has 0 spiro atoms. The van der Waals surface area contributed by atoms with E-state index in [1.54, 1.807) is 31.2 Å². The first-order valence-electron chi connectivity index (χ1n) is 10.9. The van der Waals surface area contributed by atoms with Gasteiger partial charge in [0.05, 0.1) is 10.5 Å². The highest BCUT2D eigenvalue weighted by molar-refractivity contribution is 6.32. The van der Waals surface area contributed by atoms with Crippen molar-refractivity contribution in [1.82, 2.24) is 9.97 Å². The number of anilines is 2. The molecule has 4 rings (SSSR count). The van der Waals surface area contributed by atoms with Gasteiger partial charge in [-0.2, -0.15) is 0 Å². The topological polar surface area (TPSA) is 68.6 Å². The second kappa shape index (κ2) is 11.3. The van der Waals surface area contributed by atoms with E-state index >= 15 is 0 Å². The molecule has 0 unspecified atom stereocenters. The van der Waals surface area contributed by atoms with E-state index < -0.39 is 0 Å². The van der Waals surface area contributed by atoms with Crippen LogP contribution < -0.4 is 10.1 Å². The third-order valence-electron chi connectivity index (χ3n) is 4.92. The molecule has 1 N–H and O–H groups in total. The van der Waals surface area contributed by atoms with Crippen LogP contribution in [0.5, 0.6) is 5.75 Å². The van der Waals surface area contributed by atoms with Crippen molar-refractivity contribution in [3.8, 4) is 17.6 Å². The van der Waals surface area contributed by atoms with Crippen molar-refractivity contribution >= 4 is 39.7 Å². The Morgan fingerprint density at radius 2 is 2.00 bits per heavy atom. The summed E-state index contributed by atoms with van der Waals surface area (Å²) >= 11 is 6.44. The Bertz CT molecular complexity index is 1450. The minimum atomic E-state index is -0.310. The van der Waals surface area contributed by atoms with Gasteiger partial charge in [-0.05, 0) is 73.9 Å². The lowest BCUT2D eigenvalue weighted by Gasteiger charge is -2.12. The fraction of sp³-hybridized carbons (Fsp3) is 0.148. The van der Waals surface area contributed by atoms with Gasteiger partial charge in [0.25, 0.3) is 0 Å². The molecule has 6 nitrogen and oxygen atoms in total. The van der Waals surface area contributed by atoms with E-state index in [1.165, 1.54) is 18.5 Å². The van der Waals surface area contributed by atoms with Crippen LogP contribution in [0, 0.1) is 17.7 Å². The summed E-state index contributed by atoms with van der Waals surface area (Å²) in [6.07, 6.45) is 1.49. The molecular formula is C27H22ClFN4O2. The molecule has 8 heteroatoms. The number of aromatic nitrogens is 2. The van der Waals surface area contributed by atoms with Gasteiger partial charge in [0.1, 0.15) is 36.9 Å². The number of fused-ring (bicyclic) bond motifs is 1. The number of oxime groups is 1. The molecule has 4 aromatic rings. The van der Waals surface area contributed by atoms with Gasteiger partial charge in [0.15, 0.2) is 5.71 Å². The number of hydrogen-bond donors (Lipinski definition) is 1. The van der Waals surface area contributed by atoms with Crippen LogP contribution in [0.3, 0.4) is 0 Å². The summed E-state index contributed by atoms with van der Waals surface area (Å²) in [5.74, 6) is 6.61. The monoisotopic (exact) mass is 488 g/mol. The predicted molar refractivity (Wildman–Crippen MR) is 137 cm³/mol. The van der Waals surface area contributed by atoms with Crippen LogP contribution in [-0.2, 0) is 11.4 Å². The Morgan fingerprint density at radius 1 is 1.11 bits per heavy atom. The normalized spacial score (nSPS) is 11.0. The summed E-state index contributed by atoms with van der Waals surface area (Å²) in [7, 11) is 0.